The van der Waals surface area contributed by atoms with Gasteiger partial charge in [-0.25, -0.2) is 18.3 Å². The first-order valence-electron chi connectivity index (χ1n) is 3.13. The second kappa shape index (κ2) is 49.1. The van der Waals surface area contributed by atoms with Crippen LogP contribution in [-0.4, -0.2) is 58.7 Å². The molecule has 0 atom stereocenters. The van der Waals surface area contributed by atoms with Crippen LogP contribution in [-0.2, 0) is 18.3 Å². The minimum absolute atomic E-state index is 0. The van der Waals surface area contributed by atoms with E-state index in [1.165, 1.54) is 0 Å². The SMILES string of the molecule is O=P(O)(O)O.O=P(O)(O)O.O=P(O)(O)O.O=P(O)(O)O.[H-].[H-].[H-].[H-].[H-].[H-].[H-].[H-].[H-].[H-].[Na+].[Na+].[Na+].[Na+].[Na+].[Na+].[Na+].[Na+].[Na+].[Na+]. The van der Waals surface area contributed by atoms with Crippen LogP contribution >= 0.6 is 31.3 Å². The third kappa shape index (κ3) is 494. The van der Waals surface area contributed by atoms with E-state index in [-0.39, 0.29) is 310 Å². The number of rotatable bonds is 0. The van der Waals surface area contributed by atoms with Gasteiger partial charge in [-0.3, -0.25) is 0 Å². The van der Waals surface area contributed by atoms with E-state index in [4.69, 9.17) is 77.0 Å². The van der Waals surface area contributed by atoms with Crippen LogP contribution in [0.15, 0.2) is 0 Å². The zero-order valence-corrected chi connectivity index (χ0v) is 42.4. The molecule has 0 spiro atoms. The molecule has 0 heterocycles. The smallest absolute Gasteiger partial charge is 1.00 e. The molecule has 0 saturated heterocycles. The average molecular weight is 632 g/mol. The predicted octanol–water partition coefficient (Wildman–Crippen LogP) is -32.5. The fourth-order valence-corrected chi connectivity index (χ4v) is 0. The largest absolute Gasteiger partial charge is 1.00 e. The van der Waals surface area contributed by atoms with Crippen molar-refractivity contribution in [2.45, 2.75) is 0 Å². The molecule has 0 aromatic rings. The molecular formula is H22Na10O16P4. The molecule has 0 aliphatic carbocycles. The Labute approximate surface area is 408 Å². The first-order chi connectivity index (χ1) is 8.00. The number of hydrogen-bond donors (Lipinski definition) is 12. The maximum absolute atomic E-state index is 8.88. The van der Waals surface area contributed by atoms with Crippen LogP contribution in [0.4, 0.5) is 0 Å². The van der Waals surface area contributed by atoms with Gasteiger partial charge >= 0.3 is 327 Å². The van der Waals surface area contributed by atoms with E-state index >= 15 is 0 Å². The molecule has 0 amide bonds. The summed E-state index contributed by atoms with van der Waals surface area (Å²) in [7, 11) is -18.6. The van der Waals surface area contributed by atoms with E-state index < -0.39 is 31.3 Å². The van der Waals surface area contributed by atoms with Crippen molar-refractivity contribution in [3.63, 3.8) is 0 Å². The molecule has 30 heteroatoms. The van der Waals surface area contributed by atoms with Gasteiger partial charge in [0.15, 0.2) is 0 Å². The molecule has 0 aromatic heterocycles. The van der Waals surface area contributed by atoms with E-state index in [2.05, 4.69) is 0 Å². The molecule has 0 aliphatic rings. The topological polar surface area (TPSA) is 311 Å². The van der Waals surface area contributed by atoms with Crippen LogP contribution in [0.2, 0.25) is 0 Å². The van der Waals surface area contributed by atoms with Crippen molar-refractivity contribution in [1.82, 2.24) is 0 Å². The van der Waals surface area contributed by atoms with Crippen LogP contribution in [0.25, 0.3) is 0 Å². The average Bonchev–Trinajstić information content (AvgIpc) is 1.62. The van der Waals surface area contributed by atoms with Crippen molar-refractivity contribution in [1.29, 1.82) is 0 Å². The summed E-state index contributed by atoms with van der Waals surface area (Å²) in [5, 5.41) is 0. The fourth-order valence-electron chi connectivity index (χ4n) is 0. The zero-order chi connectivity index (χ0) is 18.0. The minimum Gasteiger partial charge on any atom is -1.00 e. The van der Waals surface area contributed by atoms with Gasteiger partial charge in [0.2, 0.25) is 0 Å². The molecule has 30 heavy (non-hydrogen) atoms. The van der Waals surface area contributed by atoms with Crippen LogP contribution in [0, 0.1) is 0 Å². The Morgan fingerprint density at radius 2 is 0.267 bits per heavy atom. The van der Waals surface area contributed by atoms with Crippen LogP contribution in [0.5, 0.6) is 0 Å². The third-order valence-corrected chi connectivity index (χ3v) is 0. The molecule has 148 valence electrons. The molecule has 12 N–H and O–H groups in total. The minimum atomic E-state index is -4.64. The summed E-state index contributed by atoms with van der Waals surface area (Å²) in [4.78, 5) is 86.2. The molecule has 0 unspecified atom stereocenters. The van der Waals surface area contributed by atoms with Gasteiger partial charge in [-0.1, -0.05) is 0 Å². The summed E-state index contributed by atoms with van der Waals surface area (Å²) in [5.41, 5.74) is 0. The quantitative estimate of drug-likeness (QED) is 0.0872. The maximum atomic E-state index is 8.88. The molecule has 0 aromatic carbocycles. The van der Waals surface area contributed by atoms with Crippen LogP contribution in [0.1, 0.15) is 14.3 Å². The summed E-state index contributed by atoms with van der Waals surface area (Å²) < 4.78 is 35.5. The standard InChI is InChI=1S/10Na.4H3O4P.10H/c;;;;;;;;;;4*1-5(2,3)4;;;;;;;;;;/h;;;;;;;;;;4*(H3,1,2,3,4);;;;;;;;;;/q10*+1;;;;;10*-1. The first kappa shape index (κ1) is 90.0. The Hall–Kier alpha value is 10.4. The molecule has 16 nitrogen and oxygen atoms in total. The van der Waals surface area contributed by atoms with Gasteiger partial charge in [0, 0.05) is 0 Å². The van der Waals surface area contributed by atoms with Gasteiger partial charge in [-0.05, 0) is 0 Å². The van der Waals surface area contributed by atoms with Crippen molar-refractivity contribution in [2.24, 2.45) is 0 Å². The molecule has 0 radical (unpaired) electrons. The van der Waals surface area contributed by atoms with Crippen LogP contribution in [0.3, 0.4) is 0 Å². The Kier molecular flexibility index (Phi) is 147. The molecule has 0 rings (SSSR count). The van der Waals surface area contributed by atoms with Crippen molar-refractivity contribution in [3.8, 4) is 0 Å². The van der Waals surface area contributed by atoms with Crippen molar-refractivity contribution in [3.05, 3.63) is 0 Å². The molecule has 0 fully saturated rings. The Balaban J connectivity index is -0.00000000332. The van der Waals surface area contributed by atoms with Crippen molar-refractivity contribution in [2.75, 3.05) is 0 Å². The summed E-state index contributed by atoms with van der Waals surface area (Å²) in [6.45, 7) is 0. The third-order valence-electron chi connectivity index (χ3n) is 0. The van der Waals surface area contributed by atoms with Gasteiger partial charge in [-0.2, -0.15) is 0 Å². The van der Waals surface area contributed by atoms with Crippen LogP contribution < -0.4 is 296 Å². The zero-order valence-electron chi connectivity index (χ0n) is 28.8. The Morgan fingerprint density at radius 1 is 0.267 bits per heavy atom. The second-order valence-corrected chi connectivity index (χ2v) is 6.16. The van der Waals surface area contributed by atoms with E-state index in [9.17, 15) is 0 Å². The van der Waals surface area contributed by atoms with Gasteiger partial charge in [-0.15, -0.1) is 0 Å². The van der Waals surface area contributed by atoms with E-state index in [1.807, 2.05) is 0 Å². The monoisotopic (exact) mass is 632 g/mol. The van der Waals surface area contributed by atoms with Crippen molar-refractivity contribution < 1.29 is 387 Å². The normalized spacial score (nSPS) is 7.87. The van der Waals surface area contributed by atoms with E-state index in [0.717, 1.165) is 0 Å². The molecule has 0 saturated carbocycles. The molecule has 0 aliphatic heterocycles. The second-order valence-electron chi connectivity index (χ2n) is 2.05. The first-order valence-corrected chi connectivity index (χ1v) is 9.39. The van der Waals surface area contributed by atoms with Gasteiger partial charge in [0.05, 0.1) is 0 Å². The Morgan fingerprint density at radius 3 is 0.267 bits per heavy atom. The van der Waals surface area contributed by atoms with Gasteiger partial charge in [0.25, 0.3) is 0 Å². The van der Waals surface area contributed by atoms with Gasteiger partial charge < -0.3 is 73.0 Å². The number of hydrogen-bond acceptors (Lipinski definition) is 4. The molecular weight excluding hydrogens is 610 g/mol. The van der Waals surface area contributed by atoms with E-state index in [0.29, 0.717) is 0 Å². The van der Waals surface area contributed by atoms with Gasteiger partial charge in [0.1, 0.15) is 0 Å². The predicted molar refractivity (Wildman–Crippen MR) is 68.2 cm³/mol. The Bertz CT molecular complexity index is 339. The summed E-state index contributed by atoms with van der Waals surface area (Å²) in [6.07, 6.45) is 0. The maximum Gasteiger partial charge on any atom is 1.00 e. The van der Waals surface area contributed by atoms with Crippen molar-refractivity contribution >= 4 is 31.3 Å². The number of phosphoric acid groups is 4. The fraction of sp³-hybridized carbons (Fsp3) is 0. The van der Waals surface area contributed by atoms with E-state index in [1.54, 1.807) is 0 Å². The summed E-state index contributed by atoms with van der Waals surface area (Å²) >= 11 is 0. The summed E-state index contributed by atoms with van der Waals surface area (Å²) in [6, 6.07) is 0. The summed E-state index contributed by atoms with van der Waals surface area (Å²) in [5.74, 6) is 0. The molecule has 0 bridgehead atoms.